The number of allylic oxidation sites excluding steroid dienone is 8. The zero-order chi connectivity index (χ0) is 27.7. The van der Waals surface area contributed by atoms with E-state index in [4.69, 9.17) is 0 Å². The van der Waals surface area contributed by atoms with Crippen LogP contribution in [-0.2, 0) is 11.3 Å². The third kappa shape index (κ3) is 7.23. The monoisotopic (exact) mass is 514 g/mol. The van der Waals surface area contributed by atoms with Gasteiger partial charge in [-0.3, -0.25) is 14.5 Å². The molecule has 1 aromatic carbocycles. The second kappa shape index (κ2) is 13.8. The van der Waals surface area contributed by atoms with Crippen LogP contribution >= 0.6 is 0 Å². The molecule has 0 aliphatic carbocycles. The molecule has 0 saturated carbocycles. The Morgan fingerprint density at radius 2 is 1.63 bits per heavy atom. The minimum absolute atomic E-state index is 0.0667. The first kappa shape index (κ1) is 28.9. The number of hydrogen-bond donors (Lipinski definition) is 0. The molecule has 202 valence electrons. The molecule has 1 aromatic rings. The lowest BCUT2D eigenvalue weighted by Gasteiger charge is -2.37. The molecule has 2 saturated heterocycles. The van der Waals surface area contributed by atoms with Crippen molar-refractivity contribution in [2.24, 2.45) is 0 Å². The topological polar surface area (TPSA) is 47.1 Å². The second-order valence-electron chi connectivity index (χ2n) is 9.86. The third-order valence-corrected chi connectivity index (χ3v) is 7.02. The van der Waals surface area contributed by atoms with Crippen LogP contribution in [0.2, 0.25) is 0 Å². The van der Waals surface area contributed by atoms with Crippen molar-refractivity contribution in [1.82, 2.24) is 19.6 Å². The number of hydrogen-bond acceptors (Lipinski definition) is 4. The average molecular weight is 515 g/mol. The molecule has 0 unspecified atom stereocenters. The highest BCUT2D eigenvalue weighted by Crippen LogP contribution is 2.21. The van der Waals surface area contributed by atoms with Gasteiger partial charge in [-0.1, -0.05) is 49.6 Å². The van der Waals surface area contributed by atoms with E-state index in [2.05, 4.69) is 48.1 Å². The van der Waals surface area contributed by atoms with Crippen molar-refractivity contribution in [2.45, 2.75) is 34.2 Å². The van der Waals surface area contributed by atoms with Gasteiger partial charge in [-0.2, -0.15) is 0 Å². The number of nitrogens with zero attached hydrogens (tertiary/aromatic N) is 4. The summed E-state index contributed by atoms with van der Waals surface area (Å²) in [5, 5.41) is 0. The summed E-state index contributed by atoms with van der Waals surface area (Å²) in [5.41, 5.74) is 5.75. The van der Waals surface area contributed by atoms with Gasteiger partial charge in [0.1, 0.15) is 6.54 Å². The first-order chi connectivity index (χ1) is 18.3. The van der Waals surface area contributed by atoms with E-state index in [1.165, 1.54) is 5.70 Å². The van der Waals surface area contributed by atoms with Gasteiger partial charge >= 0.3 is 0 Å². The van der Waals surface area contributed by atoms with Crippen molar-refractivity contribution >= 4 is 11.8 Å². The molecule has 38 heavy (non-hydrogen) atoms. The lowest BCUT2D eigenvalue weighted by atomic mass is 10.0. The van der Waals surface area contributed by atoms with E-state index >= 15 is 0 Å². The fraction of sp³-hybridized carbons (Fsp3) is 0.375. The van der Waals surface area contributed by atoms with Crippen molar-refractivity contribution in [3.05, 3.63) is 108 Å². The Bertz CT molecular complexity index is 1170. The molecule has 0 spiro atoms. The highest BCUT2D eigenvalue weighted by atomic mass is 16.2. The molecule has 0 aromatic heterocycles. The Balaban J connectivity index is 1.64. The van der Waals surface area contributed by atoms with Crippen molar-refractivity contribution in [1.29, 1.82) is 0 Å². The summed E-state index contributed by atoms with van der Waals surface area (Å²) in [6.07, 6.45) is 13.6. The number of aryl methyl sites for hydroxylation is 1. The fourth-order valence-corrected chi connectivity index (χ4v) is 4.86. The number of rotatable bonds is 9. The highest BCUT2D eigenvalue weighted by Gasteiger charge is 2.29. The molecule has 0 radical (unpaired) electrons. The largest absolute Gasteiger partial charge is 0.369 e. The first-order valence-corrected chi connectivity index (χ1v) is 13.4. The van der Waals surface area contributed by atoms with E-state index in [0.29, 0.717) is 18.7 Å². The average Bonchev–Trinajstić information content (AvgIpc) is 2.91. The van der Waals surface area contributed by atoms with Crippen LogP contribution in [0.25, 0.3) is 0 Å². The Labute approximate surface area is 228 Å². The van der Waals surface area contributed by atoms with Crippen molar-refractivity contribution in [3.63, 3.8) is 0 Å². The van der Waals surface area contributed by atoms with Crippen LogP contribution in [0.4, 0.5) is 0 Å². The third-order valence-electron chi connectivity index (χ3n) is 7.02. The minimum atomic E-state index is -0.0930. The van der Waals surface area contributed by atoms with Gasteiger partial charge in [-0.25, -0.2) is 0 Å². The van der Waals surface area contributed by atoms with Gasteiger partial charge in [0.25, 0.3) is 5.91 Å². The minimum Gasteiger partial charge on any atom is -0.369 e. The van der Waals surface area contributed by atoms with Crippen molar-refractivity contribution < 1.29 is 9.59 Å². The molecule has 2 aliphatic rings. The quantitative estimate of drug-likeness (QED) is 0.431. The summed E-state index contributed by atoms with van der Waals surface area (Å²) in [7, 11) is 0. The summed E-state index contributed by atoms with van der Waals surface area (Å²) in [4.78, 5) is 34.5. The Morgan fingerprint density at radius 1 is 0.974 bits per heavy atom. The molecular formula is C32H42N4O2. The second-order valence-corrected chi connectivity index (χ2v) is 9.86. The van der Waals surface area contributed by atoms with Gasteiger partial charge in [-0.15, -0.1) is 0 Å². The Kier molecular flexibility index (Phi) is 10.5. The Hall–Kier alpha value is -3.64. The zero-order valence-corrected chi connectivity index (χ0v) is 23.4. The summed E-state index contributed by atoms with van der Waals surface area (Å²) in [6.45, 7) is 21.5. The number of carbonyl (C=O) groups is 2. The predicted molar refractivity (Wildman–Crippen MR) is 156 cm³/mol. The van der Waals surface area contributed by atoms with Gasteiger partial charge in [-0.05, 0) is 68.7 Å². The summed E-state index contributed by atoms with van der Waals surface area (Å²) in [6, 6.07) is 6.13. The maximum absolute atomic E-state index is 13.5. The predicted octanol–water partition coefficient (Wildman–Crippen LogP) is 5.08. The normalized spacial score (nSPS) is 18.1. The molecule has 2 aliphatic heterocycles. The number of piperazine rings is 2. The number of benzene rings is 1. The van der Waals surface area contributed by atoms with E-state index in [-0.39, 0.29) is 18.4 Å². The van der Waals surface area contributed by atoms with Gasteiger partial charge in [0, 0.05) is 62.8 Å². The maximum Gasteiger partial charge on any atom is 0.254 e. The van der Waals surface area contributed by atoms with Crippen LogP contribution in [0.1, 0.15) is 42.3 Å². The van der Waals surface area contributed by atoms with E-state index in [1.807, 2.05) is 57.2 Å². The van der Waals surface area contributed by atoms with E-state index < -0.39 is 0 Å². The van der Waals surface area contributed by atoms with Crippen LogP contribution in [-0.4, -0.2) is 77.2 Å². The fourth-order valence-electron chi connectivity index (χ4n) is 4.86. The maximum atomic E-state index is 13.5. The molecule has 0 atom stereocenters. The summed E-state index contributed by atoms with van der Waals surface area (Å²) >= 11 is 0. The van der Waals surface area contributed by atoms with Crippen molar-refractivity contribution in [2.75, 3.05) is 45.8 Å². The molecule has 2 heterocycles. The molecule has 3 rings (SSSR count). The van der Waals surface area contributed by atoms with E-state index in [9.17, 15) is 9.59 Å². The van der Waals surface area contributed by atoms with E-state index in [0.717, 1.165) is 55.1 Å². The van der Waals surface area contributed by atoms with Gasteiger partial charge in [0.15, 0.2) is 0 Å². The molecule has 2 amide bonds. The lowest BCUT2D eigenvalue weighted by Crippen LogP contribution is -2.51. The van der Waals surface area contributed by atoms with Crippen LogP contribution in [0.3, 0.4) is 0 Å². The number of carbonyl (C=O) groups excluding carboxylic acids is 2. The molecule has 0 bridgehead atoms. The first-order valence-electron chi connectivity index (χ1n) is 13.4. The lowest BCUT2D eigenvalue weighted by molar-refractivity contribution is -0.132. The Morgan fingerprint density at radius 3 is 2.24 bits per heavy atom. The molecule has 0 N–H and O–H groups in total. The molecule has 6 heteroatoms. The highest BCUT2D eigenvalue weighted by molar-refractivity contribution is 5.98. The number of amides is 2. The summed E-state index contributed by atoms with van der Waals surface area (Å²) < 4.78 is 0. The van der Waals surface area contributed by atoms with Gasteiger partial charge in [0.2, 0.25) is 5.91 Å². The van der Waals surface area contributed by atoms with Crippen LogP contribution in [0, 0.1) is 6.92 Å². The zero-order valence-electron chi connectivity index (χ0n) is 23.4. The summed E-state index contributed by atoms with van der Waals surface area (Å²) in [5.74, 6) is -0.176. The molecule has 2 fully saturated rings. The van der Waals surface area contributed by atoms with Crippen LogP contribution in [0.5, 0.6) is 0 Å². The van der Waals surface area contributed by atoms with Crippen molar-refractivity contribution in [3.8, 4) is 0 Å². The molecular weight excluding hydrogens is 472 g/mol. The van der Waals surface area contributed by atoms with Crippen LogP contribution < -0.4 is 0 Å². The standard InChI is InChI=1S/C32H42N4O2/c1-7-10-12-28(9-3)36-21-20-35(24-31(36)37)32(38)29-22-27(15-14-26(29)6)23-33-16-18-34(19-17-33)30(25(4)5)13-11-8-2/h7-15,22H,3-4,16-21,23-24H2,1-2,5-6H3/b10-7-,11-8-,28-12+,30-13+. The SMILES string of the molecule is C=C/C(=C\C=C/C)N1CCN(C(=O)c2cc(CN3CCN(/C(=C/C=C\C)C(=C)C)CC3)ccc2C)CC1=O. The van der Waals surface area contributed by atoms with Crippen LogP contribution in [0.15, 0.2) is 90.9 Å². The molecule has 6 nitrogen and oxygen atoms in total. The van der Waals surface area contributed by atoms with Gasteiger partial charge < -0.3 is 14.7 Å². The van der Waals surface area contributed by atoms with E-state index in [1.54, 1.807) is 15.9 Å². The van der Waals surface area contributed by atoms with Gasteiger partial charge in [0.05, 0.1) is 0 Å². The smallest absolute Gasteiger partial charge is 0.254 e.